The maximum Gasteiger partial charge on any atom is 0.312 e. The van der Waals surface area contributed by atoms with Crippen molar-refractivity contribution in [2.24, 2.45) is 28.6 Å². The fourth-order valence-corrected chi connectivity index (χ4v) is 5.40. The Bertz CT molecular complexity index is 407. The van der Waals surface area contributed by atoms with Crippen molar-refractivity contribution < 1.29 is 9.53 Å². The molecule has 2 heteroatoms. The highest BCUT2D eigenvalue weighted by atomic mass is 16.6. The van der Waals surface area contributed by atoms with Gasteiger partial charge in [0.1, 0.15) is 5.60 Å². The fraction of sp³-hybridized carbons (Fsp3) is 0.944. The number of ether oxygens (including phenoxy) is 1. The predicted octanol–water partition coefficient (Wildman–Crippen LogP) is 4.57. The summed E-state index contributed by atoms with van der Waals surface area (Å²) >= 11 is 0. The Morgan fingerprint density at radius 3 is 2.15 bits per heavy atom. The van der Waals surface area contributed by atoms with Crippen LogP contribution < -0.4 is 0 Å². The molecule has 4 fully saturated rings. The van der Waals surface area contributed by atoms with E-state index in [9.17, 15) is 4.79 Å². The van der Waals surface area contributed by atoms with Crippen molar-refractivity contribution in [2.75, 3.05) is 0 Å². The molecule has 114 valence electrons. The Morgan fingerprint density at radius 1 is 1.10 bits per heavy atom. The quantitative estimate of drug-likeness (QED) is 0.704. The van der Waals surface area contributed by atoms with Gasteiger partial charge >= 0.3 is 5.97 Å². The van der Waals surface area contributed by atoms with Gasteiger partial charge in [-0.25, -0.2) is 0 Å². The van der Waals surface area contributed by atoms with E-state index in [-0.39, 0.29) is 22.4 Å². The molecule has 0 radical (unpaired) electrons. The first-order chi connectivity index (χ1) is 9.20. The molecular weight excluding hydrogens is 248 g/mol. The minimum atomic E-state index is -0.358. The summed E-state index contributed by atoms with van der Waals surface area (Å²) in [6, 6.07) is 0. The van der Waals surface area contributed by atoms with Gasteiger partial charge in [-0.15, -0.1) is 0 Å². The molecule has 2 nitrogen and oxygen atoms in total. The number of carbonyl (C=O) groups excluding carboxylic acids is 1. The molecule has 4 aliphatic carbocycles. The molecule has 4 saturated carbocycles. The third kappa shape index (κ3) is 1.86. The van der Waals surface area contributed by atoms with E-state index < -0.39 is 0 Å². The van der Waals surface area contributed by atoms with Gasteiger partial charge in [0.05, 0.1) is 5.41 Å². The summed E-state index contributed by atoms with van der Waals surface area (Å²) in [5.74, 6) is 2.61. The van der Waals surface area contributed by atoms with Crippen LogP contribution in [0.1, 0.15) is 73.1 Å². The summed E-state index contributed by atoms with van der Waals surface area (Å²) < 4.78 is 6.11. The number of carbonyl (C=O) groups is 1. The average Bonchev–Trinajstić information content (AvgIpc) is 2.75. The van der Waals surface area contributed by atoms with Crippen molar-refractivity contribution in [1.29, 1.82) is 0 Å². The molecule has 0 aromatic carbocycles. The molecular formula is C18H30O2. The van der Waals surface area contributed by atoms with Gasteiger partial charge in [-0.2, -0.15) is 0 Å². The van der Waals surface area contributed by atoms with Gasteiger partial charge in [-0.3, -0.25) is 4.79 Å². The van der Waals surface area contributed by atoms with Gasteiger partial charge in [0.25, 0.3) is 0 Å². The van der Waals surface area contributed by atoms with Crippen molar-refractivity contribution >= 4 is 5.97 Å². The standard InChI is InChI=1S/C18H30O2/c1-6-16(2,3)15(19)20-17(4,5)18-10-12-7-13(11-18)9-14(18)8-12/h12-14H,6-11H2,1-5H3. The SMILES string of the molecule is CCC(C)(C)C(=O)OC(C)(C)C12CC3CC(CC1C3)C2. The monoisotopic (exact) mass is 278 g/mol. The van der Waals surface area contributed by atoms with E-state index in [0.29, 0.717) is 0 Å². The first-order valence-corrected chi connectivity index (χ1v) is 8.43. The normalized spacial score (nSPS) is 39.4. The van der Waals surface area contributed by atoms with E-state index in [1.54, 1.807) is 0 Å². The van der Waals surface area contributed by atoms with Crippen LogP contribution >= 0.6 is 0 Å². The highest BCUT2D eigenvalue weighted by Gasteiger charge is 2.65. The minimum Gasteiger partial charge on any atom is -0.459 e. The van der Waals surface area contributed by atoms with Crippen LogP contribution in [0.2, 0.25) is 0 Å². The van der Waals surface area contributed by atoms with Gasteiger partial charge < -0.3 is 4.74 Å². The molecule has 4 bridgehead atoms. The van der Waals surface area contributed by atoms with E-state index in [1.165, 1.54) is 32.1 Å². The van der Waals surface area contributed by atoms with E-state index in [2.05, 4.69) is 20.8 Å². The van der Waals surface area contributed by atoms with Crippen molar-refractivity contribution in [3.05, 3.63) is 0 Å². The number of hydrogen-bond acceptors (Lipinski definition) is 2. The summed E-state index contributed by atoms with van der Waals surface area (Å²) in [6.45, 7) is 10.4. The maximum absolute atomic E-state index is 12.5. The first kappa shape index (κ1) is 14.4. The van der Waals surface area contributed by atoms with Gasteiger partial charge in [-0.1, -0.05) is 6.92 Å². The zero-order chi connectivity index (χ0) is 14.8. The van der Waals surface area contributed by atoms with Crippen LogP contribution in [0.15, 0.2) is 0 Å². The Labute approximate surface area is 123 Å². The lowest BCUT2D eigenvalue weighted by atomic mass is 9.65. The van der Waals surface area contributed by atoms with Crippen LogP contribution in [0.3, 0.4) is 0 Å². The van der Waals surface area contributed by atoms with E-state index in [4.69, 9.17) is 4.74 Å². The summed E-state index contributed by atoms with van der Waals surface area (Å²) in [6.07, 6.45) is 7.62. The number of hydrogen-bond donors (Lipinski definition) is 0. The lowest BCUT2D eigenvalue weighted by Crippen LogP contribution is -2.49. The van der Waals surface area contributed by atoms with Crippen LogP contribution in [-0.4, -0.2) is 11.6 Å². The summed E-state index contributed by atoms with van der Waals surface area (Å²) in [7, 11) is 0. The van der Waals surface area contributed by atoms with Gasteiger partial charge in [0.2, 0.25) is 0 Å². The Morgan fingerprint density at radius 2 is 1.65 bits per heavy atom. The van der Waals surface area contributed by atoms with Crippen LogP contribution in [0.5, 0.6) is 0 Å². The van der Waals surface area contributed by atoms with Crippen molar-refractivity contribution in [2.45, 2.75) is 78.7 Å². The molecule has 4 aliphatic rings. The Kier molecular flexibility index (Phi) is 3.05. The van der Waals surface area contributed by atoms with Gasteiger partial charge in [-0.05, 0) is 84.0 Å². The molecule has 0 aromatic heterocycles. The lowest BCUT2D eigenvalue weighted by Gasteiger charge is -2.46. The van der Waals surface area contributed by atoms with E-state index in [1.807, 2.05) is 13.8 Å². The first-order valence-electron chi connectivity index (χ1n) is 8.43. The van der Waals surface area contributed by atoms with Crippen LogP contribution in [0, 0.1) is 28.6 Å². The molecule has 0 aliphatic heterocycles. The highest BCUT2D eigenvalue weighted by molar-refractivity contribution is 5.76. The smallest absolute Gasteiger partial charge is 0.312 e. The zero-order valence-electron chi connectivity index (χ0n) is 13.8. The molecule has 0 spiro atoms. The molecule has 2 atom stereocenters. The van der Waals surface area contributed by atoms with Crippen LogP contribution in [0.25, 0.3) is 0 Å². The Balaban J connectivity index is 1.81. The minimum absolute atomic E-state index is 0.00871. The molecule has 4 rings (SSSR count). The zero-order valence-corrected chi connectivity index (χ0v) is 13.8. The van der Waals surface area contributed by atoms with Gasteiger partial charge in [0.15, 0.2) is 0 Å². The molecule has 0 saturated heterocycles. The lowest BCUT2D eigenvalue weighted by molar-refractivity contribution is -0.185. The number of esters is 1. The van der Waals surface area contributed by atoms with Crippen LogP contribution in [0.4, 0.5) is 0 Å². The second kappa shape index (κ2) is 4.24. The second-order valence-electron chi connectivity index (χ2n) is 8.84. The molecule has 20 heavy (non-hydrogen) atoms. The summed E-state index contributed by atoms with van der Waals surface area (Å²) in [5, 5.41) is 0. The van der Waals surface area contributed by atoms with Gasteiger partial charge in [0, 0.05) is 5.41 Å². The summed E-state index contributed by atoms with van der Waals surface area (Å²) in [5.41, 5.74) is -0.380. The van der Waals surface area contributed by atoms with E-state index >= 15 is 0 Å². The Hall–Kier alpha value is -0.530. The summed E-state index contributed by atoms with van der Waals surface area (Å²) in [4.78, 5) is 12.5. The largest absolute Gasteiger partial charge is 0.459 e. The predicted molar refractivity (Wildman–Crippen MR) is 80.2 cm³/mol. The third-order valence-corrected chi connectivity index (χ3v) is 6.97. The molecule has 0 N–H and O–H groups in total. The molecule has 0 heterocycles. The fourth-order valence-electron chi connectivity index (χ4n) is 5.40. The third-order valence-electron chi connectivity index (χ3n) is 6.97. The highest BCUT2D eigenvalue weighted by Crippen LogP contribution is 2.69. The maximum atomic E-state index is 12.5. The van der Waals surface area contributed by atoms with Crippen molar-refractivity contribution in [3.63, 3.8) is 0 Å². The topological polar surface area (TPSA) is 26.3 Å². The molecule has 0 aromatic rings. The molecule has 2 unspecified atom stereocenters. The van der Waals surface area contributed by atoms with Crippen LogP contribution in [-0.2, 0) is 9.53 Å². The van der Waals surface area contributed by atoms with E-state index in [0.717, 1.165) is 24.2 Å². The van der Waals surface area contributed by atoms with Crippen molar-refractivity contribution in [3.8, 4) is 0 Å². The number of rotatable bonds is 4. The van der Waals surface area contributed by atoms with Crippen molar-refractivity contribution in [1.82, 2.24) is 0 Å². The average molecular weight is 278 g/mol. The molecule has 0 amide bonds. The second-order valence-corrected chi connectivity index (χ2v) is 8.84.